The van der Waals surface area contributed by atoms with Gasteiger partial charge in [0.15, 0.2) is 5.16 Å². The molecular weight excluding hydrogens is 354 g/mol. The normalized spacial score (nSPS) is 16.8. The zero-order valence-corrected chi connectivity index (χ0v) is 14.4. The number of fused-ring (bicyclic) bond motifs is 1. The van der Waals surface area contributed by atoms with Gasteiger partial charge in [-0.2, -0.15) is 0 Å². The van der Waals surface area contributed by atoms with Gasteiger partial charge in [0.1, 0.15) is 11.6 Å². The third-order valence-electron chi connectivity index (χ3n) is 3.99. The fourth-order valence-electron chi connectivity index (χ4n) is 2.89. The summed E-state index contributed by atoms with van der Waals surface area (Å²) in [6.07, 6.45) is 5.56. The number of carbonyl (C=O) groups is 1. The van der Waals surface area contributed by atoms with E-state index in [4.69, 9.17) is 5.11 Å². The number of rotatable bonds is 6. The molecule has 1 aromatic carbocycles. The summed E-state index contributed by atoms with van der Waals surface area (Å²) in [7, 11) is 2.87. The van der Waals surface area contributed by atoms with Crippen LogP contribution in [-0.4, -0.2) is 26.4 Å². The lowest BCUT2D eigenvalue weighted by atomic mass is 9.87. The summed E-state index contributed by atoms with van der Waals surface area (Å²) < 4.78 is 29.3. The van der Waals surface area contributed by atoms with E-state index in [-0.39, 0.29) is 12.5 Å². The average molecular weight is 370 g/mol. The molecule has 1 atom stereocenters. The quantitative estimate of drug-likeness (QED) is 0.613. The van der Waals surface area contributed by atoms with Crippen LogP contribution in [0.5, 0.6) is 0 Å². The maximum absolute atomic E-state index is 13.8. The Balaban J connectivity index is 1.70. The monoisotopic (exact) mass is 370 g/mol. The molecule has 0 bridgehead atoms. The highest BCUT2D eigenvalue weighted by Crippen LogP contribution is 2.36. The van der Waals surface area contributed by atoms with Gasteiger partial charge in [0.2, 0.25) is 0 Å². The second kappa shape index (κ2) is 7.57. The number of carboxylic acid groups (broad SMARTS) is 1. The molecule has 1 N–H and O–H groups in total. The molecule has 0 saturated carbocycles. The molecule has 8 heteroatoms. The third-order valence-corrected chi connectivity index (χ3v) is 6.25. The first-order valence-corrected chi connectivity index (χ1v) is 9.87. The first kappa shape index (κ1) is 17.3. The Hall–Kier alpha value is -1.54. The molecule has 128 valence electrons. The van der Waals surface area contributed by atoms with Crippen LogP contribution < -0.4 is 0 Å². The van der Waals surface area contributed by atoms with Gasteiger partial charge in [-0.1, -0.05) is 10.8 Å². The zero-order chi connectivity index (χ0) is 17.1. The van der Waals surface area contributed by atoms with Crippen LogP contribution in [0.2, 0.25) is 0 Å². The van der Waals surface area contributed by atoms with Gasteiger partial charge >= 0.3 is 5.97 Å². The summed E-state index contributed by atoms with van der Waals surface area (Å²) >= 11 is 0. The van der Waals surface area contributed by atoms with Gasteiger partial charge in [0.25, 0.3) is 0 Å². The molecule has 0 spiro atoms. The van der Waals surface area contributed by atoms with Gasteiger partial charge in [-0.15, -0.1) is 0 Å². The van der Waals surface area contributed by atoms with Crippen LogP contribution in [0.15, 0.2) is 29.7 Å². The molecule has 0 fully saturated rings. The summed E-state index contributed by atoms with van der Waals surface area (Å²) in [4.78, 5) is 14.9. The van der Waals surface area contributed by atoms with E-state index in [1.165, 1.54) is 27.7 Å². The lowest BCUT2D eigenvalue weighted by Gasteiger charge is -2.27. The molecule has 0 amide bonds. The maximum atomic E-state index is 13.8. The van der Waals surface area contributed by atoms with Crippen molar-refractivity contribution in [1.82, 2.24) is 9.55 Å². The van der Waals surface area contributed by atoms with Gasteiger partial charge in [0, 0.05) is 30.3 Å². The highest BCUT2D eigenvalue weighted by molar-refractivity contribution is 8.76. The van der Waals surface area contributed by atoms with E-state index in [0.717, 1.165) is 17.6 Å². The van der Waals surface area contributed by atoms with Crippen molar-refractivity contribution in [3.63, 3.8) is 0 Å². The number of hydrogen-bond donors (Lipinski definition) is 1. The number of nitrogens with zero attached hydrogens (tertiary/aromatic N) is 2. The summed E-state index contributed by atoms with van der Waals surface area (Å²) in [6.45, 7) is 0. The second-order valence-corrected chi connectivity index (χ2v) is 7.97. The van der Waals surface area contributed by atoms with Crippen LogP contribution in [0.25, 0.3) is 0 Å². The highest BCUT2D eigenvalue weighted by Gasteiger charge is 2.24. The molecule has 0 aliphatic heterocycles. The number of aromatic nitrogens is 2. The lowest BCUT2D eigenvalue weighted by molar-refractivity contribution is -0.136. The van der Waals surface area contributed by atoms with Crippen molar-refractivity contribution >= 4 is 27.6 Å². The van der Waals surface area contributed by atoms with Crippen molar-refractivity contribution in [2.24, 2.45) is 0 Å². The van der Waals surface area contributed by atoms with E-state index in [1.54, 1.807) is 6.20 Å². The molecular formula is C16H16F2N2O2S2. The molecule has 0 saturated heterocycles. The Kier molecular flexibility index (Phi) is 5.45. The molecule has 24 heavy (non-hydrogen) atoms. The van der Waals surface area contributed by atoms with Crippen molar-refractivity contribution in [1.29, 1.82) is 0 Å². The SMILES string of the molecule is O=C(O)CCSSc1nccn1C1CCc2c(F)cc(F)cc2C1. The minimum absolute atomic E-state index is 0.101. The lowest BCUT2D eigenvalue weighted by Crippen LogP contribution is -2.20. The second-order valence-electron chi connectivity index (χ2n) is 5.59. The van der Waals surface area contributed by atoms with E-state index in [2.05, 4.69) is 4.98 Å². The zero-order valence-electron chi connectivity index (χ0n) is 12.7. The number of halogens is 2. The van der Waals surface area contributed by atoms with E-state index in [9.17, 15) is 13.6 Å². The minimum Gasteiger partial charge on any atom is -0.481 e. The number of carboxylic acids is 1. The summed E-state index contributed by atoms with van der Waals surface area (Å²) in [5.41, 5.74) is 1.32. The summed E-state index contributed by atoms with van der Waals surface area (Å²) in [5.74, 6) is -1.33. The Morgan fingerprint density at radius 1 is 1.42 bits per heavy atom. The first-order valence-electron chi connectivity index (χ1n) is 7.55. The van der Waals surface area contributed by atoms with Crippen LogP contribution in [0.3, 0.4) is 0 Å². The Morgan fingerprint density at radius 3 is 3.04 bits per heavy atom. The van der Waals surface area contributed by atoms with Crippen LogP contribution >= 0.6 is 21.6 Å². The Morgan fingerprint density at radius 2 is 2.25 bits per heavy atom. The largest absolute Gasteiger partial charge is 0.481 e. The van der Waals surface area contributed by atoms with E-state index in [0.29, 0.717) is 29.7 Å². The molecule has 1 aliphatic rings. The highest BCUT2D eigenvalue weighted by atomic mass is 33.1. The maximum Gasteiger partial charge on any atom is 0.304 e. The molecule has 1 aliphatic carbocycles. The standard InChI is InChI=1S/C16H16F2N2O2S2/c17-11-7-10-8-12(1-2-13(10)14(18)9-11)20-5-4-19-16(20)24-23-6-3-15(21)22/h4-5,7,9,12H,1-3,6,8H2,(H,21,22). The summed E-state index contributed by atoms with van der Waals surface area (Å²) in [5, 5.41) is 9.45. The minimum atomic E-state index is -0.820. The van der Waals surface area contributed by atoms with Gasteiger partial charge in [-0.25, -0.2) is 13.8 Å². The number of hydrogen-bond acceptors (Lipinski definition) is 4. The van der Waals surface area contributed by atoms with Crippen LogP contribution in [-0.2, 0) is 17.6 Å². The van der Waals surface area contributed by atoms with Crippen molar-refractivity contribution in [3.8, 4) is 0 Å². The van der Waals surface area contributed by atoms with E-state index >= 15 is 0 Å². The average Bonchev–Trinajstić information content (AvgIpc) is 2.99. The summed E-state index contributed by atoms with van der Waals surface area (Å²) in [6, 6.07) is 2.45. The topological polar surface area (TPSA) is 55.1 Å². The Labute approximate surface area is 146 Å². The molecule has 1 heterocycles. The smallest absolute Gasteiger partial charge is 0.304 e. The number of aliphatic carboxylic acids is 1. The molecule has 3 rings (SSSR count). The molecule has 2 aromatic rings. The van der Waals surface area contributed by atoms with E-state index in [1.807, 2.05) is 10.8 Å². The fourth-order valence-corrected chi connectivity index (χ4v) is 4.94. The van der Waals surface area contributed by atoms with Crippen LogP contribution in [0, 0.1) is 11.6 Å². The van der Waals surface area contributed by atoms with Crippen molar-refractivity contribution < 1.29 is 18.7 Å². The van der Waals surface area contributed by atoms with Gasteiger partial charge in [-0.05, 0) is 47.2 Å². The fraction of sp³-hybridized carbons (Fsp3) is 0.375. The van der Waals surface area contributed by atoms with Gasteiger partial charge < -0.3 is 9.67 Å². The molecule has 1 unspecified atom stereocenters. The van der Waals surface area contributed by atoms with Gasteiger partial charge in [-0.3, -0.25) is 4.79 Å². The molecule has 0 radical (unpaired) electrons. The Bertz CT molecular complexity index is 752. The molecule has 1 aromatic heterocycles. The first-order chi connectivity index (χ1) is 11.5. The van der Waals surface area contributed by atoms with Crippen molar-refractivity contribution in [3.05, 3.63) is 47.3 Å². The van der Waals surface area contributed by atoms with Crippen LogP contribution in [0.4, 0.5) is 8.78 Å². The molecule has 4 nitrogen and oxygen atoms in total. The number of imidazole rings is 1. The van der Waals surface area contributed by atoms with Gasteiger partial charge in [0.05, 0.1) is 6.42 Å². The van der Waals surface area contributed by atoms with Crippen molar-refractivity contribution in [2.45, 2.75) is 36.9 Å². The van der Waals surface area contributed by atoms with Crippen LogP contribution in [0.1, 0.15) is 30.0 Å². The predicted molar refractivity (Wildman–Crippen MR) is 90.2 cm³/mol. The predicted octanol–water partition coefficient (Wildman–Crippen LogP) is 4.11. The third kappa shape index (κ3) is 3.92. The van der Waals surface area contributed by atoms with E-state index < -0.39 is 17.6 Å². The number of benzene rings is 1. The van der Waals surface area contributed by atoms with Crippen molar-refractivity contribution in [2.75, 3.05) is 5.75 Å².